The van der Waals surface area contributed by atoms with Crippen LogP contribution in [-0.2, 0) is 4.79 Å². The Labute approximate surface area is 126 Å². The molecule has 1 unspecified atom stereocenters. The fourth-order valence-corrected chi connectivity index (χ4v) is 3.27. The maximum atomic E-state index is 12.4. The molecular formula is C13H18N6OS. The zero-order chi connectivity index (χ0) is 14.8. The molecule has 3 heterocycles. The van der Waals surface area contributed by atoms with Gasteiger partial charge >= 0.3 is 0 Å². The van der Waals surface area contributed by atoms with E-state index < -0.39 is 0 Å². The van der Waals surface area contributed by atoms with Gasteiger partial charge in [-0.05, 0) is 31.2 Å². The van der Waals surface area contributed by atoms with Crippen LogP contribution in [0.5, 0.6) is 0 Å². The molecule has 0 aliphatic carbocycles. The molecule has 3 rings (SSSR count). The Bertz CT molecular complexity index is 651. The van der Waals surface area contributed by atoms with E-state index in [-0.39, 0.29) is 11.9 Å². The molecule has 8 heteroatoms. The molecule has 4 N–H and O–H groups in total. The van der Waals surface area contributed by atoms with Gasteiger partial charge in [0.1, 0.15) is 16.7 Å². The molecule has 0 radical (unpaired) electrons. The van der Waals surface area contributed by atoms with Crippen LogP contribution in [0.15, 0.2) is 11.4 Å². The Morgan fingerprint density at radius 2 is 2.19 bits per heavy atom. The molecule has 112 valence electrons. The summed E-state index contributed by atoms with van der Waals surface area (Å²) in [7, 11) is 0. The van der Waals surface area contributed by atoms with Gasteiger partial charge in [0.15, 0.2) is 0 Å². The highest BCUT2D eigenvalue weighted by Crippen LogP contribution is 2.27. The summed E-state index contributed by atoms with van der Waals surface area (Å²) in [5.41, 5.74) is 2.46. The summed E-state index contributed by atoms with van der Waals surface area (Å²) in [4.78, 5) is 23.7. The molecule has 0 aromatic carbocycles. The van der Waals surface area contributed by atoms with E-state index in [1.54, 1.807) is 0 Å². The van der Waals surface area contributed by atoms with E-state index in [0.717, 1.165) is 36.1 Å². The minimum absolute atomic E-state index is 0.108. The number of carbonyl (C=O) groups excluding carboxylic acids is 1. The number of anilines is 2. The maximum Gasteiger partial charge on any atom is 0.244 e. The van der Waals surface area contributed by atoms with Crippen molar-refractivity contribution in [3.8, 4) is 0 Å². The van der Waals surface area contributed by atoms with Gasteiger partial charge in [-0.25, -0.2) is 10.8 Å². The van der Waals surface area contributed by atoms with Crippen molar-refractivity contribution in [1.82, 2.24) is 14.9 Å². The number of hydrogen-bond acceptors (Lipinski definition) is 7. The molecule has 1 atom stereocenters. The Morgan fingerprint density at radius 1 is 1.43 bits per heavy atom. The lowest BCUT2D eigenvalue weighted by Gasteiger charge is -2.21. The van der Waals surface area contributed by atoms with Crippen LogP contribution in [0.2, 0.25) is 0 Å². The largest absolute Gasteiger partial charge is 0.358 e. The highest BCUT2D eigenvalue weighted by atomic mass is 32.1. The van der Waals surface area contributed by atoms with Crippen molar-refractivity contribution in [2.75, 3.05) is 23.8 Å². The number of carbonyl (C=O) groups is 1. The molecule has 7 nitrogen and oxygen atoms in total. The van der Waals surface area contributed by atoms with Crippen LogP contribution in [0.3, 0.4) is 0 Å². The summed E-state index contributed by atoms with van der Waals surface area (Å²) < 4.78 is 0. The first kappa shape index (κ1) is 14.0. The summed E-state index contributed by atoms with van der Waals surface area (Å²) in [6, 6.07) is 1.61. The van der Waals surface area contributed by atoms with Gasteiger partial charge in [0.2, 0.25) is 11.9 Å². The van der Waals surface area contributed by atoms with Crippen LogP contribution >= 0.6 is 11.3 Å². The fraction of sp³-hybridized carbons (Fsp3) is 0.462. The van der Waals surface area contributed by atoms with Crippen molar-refractivity contribution >= 4 is 39.2 Å². The molecular weight excluding hydrogens is 288 g/mol. The van der Waals surface area contributed by atoms with Crippen LogP contribution in [0.25, 0.3) is 10.2 Å². The highest BCUT2D eigenvalue weighted by Gasteiger charge is 2.24. The minimum Gasteiger partial charge on any atom is -0.358 e. The van der Waals surface area contributed by atoms with Crippen molar-refractivity contribution in [1.29, 1.82) is 0 Å². The molecule has 1 fully saturated rings. The second-order valence-electron chi connectivity index (χ2n) is 5.08. The number of hydrazine groups is 1. The molecule has 21 heavy (non-hydrogen) atoms. The van der Waals surface area contributed by atoms with E-state index in [1.807, 2.05) is 23.3 Å². The smallest absolute Gasteiger partial charge is 0.244 e. The summed E-state index contributed by atoms with van der Waals surface area (Å²) in [6.45, 7) is 3.55. The van der Waals surface area contributed by atoms with E-state index in [2.05, 4.69) is 20.7 Å². The van der Waals surface area contributed by atoms with Crippen LogP contribution in [-0.4, -0.2) is 39.9 Å². The topological polar surface area (TPSA) is 96.2 Å². The number of likely N-dealkylation sites (tertiary alicyclic amines) is 1. The van der Waals surface area contributed by atoms with Gasteiger partial charge in [0.05, 0.1) is 5.39 Å². The number of amides is 1. The molecule has 0 spiro atoms. The number of nitrogen functional groups attached to an aromatic ring is 1. The first-order valence-electron chi connectivity index (χ1n) is 6.96. The summed E-state index contributed by atoms with van der Waals surface area (Å²) >= 11 is 1.51. The van der Waals surface area contributed by atoms with Crippen molar-refractivity contribution < 1.29 is 4.79 Å². The third-order valence-corrected chi connectivity index (χ3v) is 4.40. The summed E-state index contributed by atoms with van der Waals surface area (Å²) in [5.74, 6) is 6.48. The Kier molecular flexibility index (Phi) is 3.89. The first-order valence-corrected chi connectivity index (χ1v) is 7.84. The monoisotopic (exact) mass is 306 g/mol. The predicted molar refractivity (Wildman–Crippen MR) is 84.1 cm³/mol. The molecule has 2 aromatic rings. The lowest BCUT2D eigenvalue weighted by atomic mass is 10.2. The second kappa shape index (κ2) is 5.82. The quantitative estimate of drug-likeness (QED) is 0.584. The van der Waals surface area contributed by atoms with Crippen LogP contribution in [0, 0.1) is 0 Å². The van der Waals surface area contributed by atoms with Gasteiger partial charge in [-0.2, -0.15) is 4.98 Å². The molecule has 1 aliphatic heterocycles. The van der Waals surface area contributed by atoms with Crippen molar-refractivity contribution in [3.05, 3.63) is 11.4 Å². The third kappa shape index (κ3) is 2.77. The van der Waals surface area contributed by atoms with Gasteiger partial charge in [-0.1, -0.05) is 0 Å². The normalized spacial score (nSPS) is 16.2. The van der Waals surface area contributed by atoms with E-state index in [1.165, 1.54) is 11.3 Å². The van der Waals surface area contributed by atoms with Gasteiger partial charge in [0.25, 0.3) is 0 Å². The zero-order valence-corrected chi connectivity index (χ0v) is 12.6. The number of nitrogens with two attached hydrogens (primary N) is 1. The highest BCUT2D eigenvalue weighted by molar-refractivity contribution is 7.16. The fourth-order valence-electron chi connectivity index (χ4n) is 2.51. The van der Waals surface area contributed by atoms with Crippen molar-refractivity contribution in [2.45, 2.75) is 25.8 Å². The van der Waals surface area contributed by atoms with Crippen LogP contribution < -0.4 is 16.6 Å². The van der Waals surface area contributed by atoms with E-state index in [4.69, 9.17) is 5.84 Å². The van der Waals surface area contributed by atoms with Crippen LogP contribution in [0.1, 0.15) is 19.8 Å². The van der Waals surface area contributed by atoms with Crippen molar-refractivity contribution in [3.63, 3.8) is 0 Å². The van der Waals surface area contributed by atoms with E-state index in [9.17, 15) is 4.79 Å². The minimum atomic E-state index is -0.327. The maximum absolute atomic E-state index is 12.4. The van der Waals surface area contributed by atoms with Crippen LogP contribution in [0.4, 0.5) is 11.8 Å². The third-order valence-electron chi connectivity index (χ3n) is 3.60. The average Bonchev–Trinajstić information content (AvgIpc) is 3.17. The Morgan fingerprint density at radius 3 is 2.90 bits per heavy atom. The number of nitrogens with one attached hydrogen (secondary N) is 2. The van der Waals surface area contributed by atoms with Crippen molar-refractivity contribution in [2.24, 2.45) is 5.84 Å². The predicted octanol–water partition coefficient (Wildman–Crippen LogP) is 1.40. The Hall–Kier alpha value is -1.93. The molecule has 1 saturated heterocycles. The van der Waals surface area contributed by atoms with E-state index in [0.29, 0.717) is 11.8 Å². The van der Waals surface area contributed by atoms with Gasteiger partial charge in [-0.15, -0.1) is 11.3 Å². The average molecular weight is 306 g/mol. The first-order chi connectivity index (χ1) is 10.2. The molecule has 0 saturated carbocycles. The van der Waals surface area contributed by atoms with E-state index >= 15 is 0 Å². The standard InChI is InChI=1S/C13H18N6OS/c1-8(12(20)19-5-2-3-6-19)15-10-9-4-7-21-11(9)17-13(16-10)18-14/h4,7-8H,2-3,5-6,14H2,1H3,(H2,15,16,17,18). The number of rotatable bonds is 4. The number of aromatic nitrogens is 2. The molecule has 1 amide bonds. The number of thiophene rings is 1. The molecule has 0 bridgehead atoms. The summed E-state index contributed by atoms with van der Waals surface area (Å²) in [6.07, 6.45) is 2.17. The SMILES string of the molecule is CC(Nc1nc(NN)nc2sccc12)C(=O)N1CCCC1. The second-order valence-corrected chi connectivity index (χ2v) is 5.97. The number of fused-ring (bicyclic) bond motifs is 1. The lowest BCUT2D eigenvalue weighted by Crippen LogP contribution is -2.39. The van der Waals surface area contributed by atoms with Gasteiger partial charge < -0.3 is 10.2 Å². The number of hydrogen-bond donors (Lipinski definition) is 3. The lowest BCUT2D eigenvalue weighted by molar-refractivity contribution is -0.130. The summed E-state index contributed by atoms with van der Waals surface area (Å²) in [5, 5.41) is 6.04. The molecule has 2 aromatic heterocycles. The van der Waals surface area contributed by atoms with Gasteiger partial charge in [0, 0.05) is 13.1 Å². The number of nitrogens with zero attached hydrogens (tertiary/aromatic N) is 3. The Balaban J connectivity index is 1.83. The molecule has 1 aliphatic rings. The zero-order valence-electron chi connectivity index (χ0n) is 11.8. The van der Waals surface area contributed by atoms with Gasteiger partial charge in [-0.3, -0.25) is 10.2 Å².